The van der Waals surface area contributed by atoms with Crippen molar-refractivity contribution in [1.82, 2.24) is 19.6 Å². The first-order valence-electron chi connectivity index (χ1n) is 16.2. The maximum atomic E-state index is 11.8. The van der Waals surface area contributed by atoms with Crippen molar-refractivity contribution >= 4 is 34.0 Å². The van der Waals surface area contributed by atoms with Crippen molar-refractivity contribution < 1.29 is 24.2 Å². The number of aryl methyl sites for hydroxylation is 1. The number of allylic oxidation sites excluding steroid dienone is 1. The van der Waals surface area contributed by atoms with E-state index in [-0.39, 0.29) is 31.8 Å². The third kappa shape index (κ3) is 8.10. The molecule has 2 amide bonds. The molecule has 1 saturated heterocycles. The van der Waals surface area contributed by atoms with Gasteiger partial charge in [0, 0.05) is 38.7 Å². The second-order valence-corrected chi connectivity index (χ2v) is 11.9. The smallest absolute Gasteiger partial charge is 0.407 e. The van der Waals surface area contributed by atoms with Gasteiger partial charge in [-0.25, -0.2) is 9.48 Å². The van der Waals surface area contributed by atoms with Gasteiger partial charge in [0.2, 0.25) is 5.91 Å². The first-order chi connectivity index (χ1) is 22.8. The van der Waals surface area contributed by atoms with Crippen LogP contribution in [0.5, 0.6) is 5.75 Å². The van der Waals surface area contributed by atoms with E-state index in [0.29, 0.717) is 5.75 Å². The molecule has 0 spiro atoms. The molecule has 1 aliphatic heterocycles. The Hall–Kier alpha value is -4.89. The molecule has 9 nitrogen and oxygen atoms in total. The number of hydrogen-bond donors (Lipinski definition) is 1. The number of benzene rings is 3. The van der Waals surface area contributed by atoms with E-state index in [0.717, 1.165) is 65.6 Å². The molecule has 4 aromatic rings. The normalized spacial score (nSPS) is 15.4. The van der Waals surface area contributed by atoms with E-state index in [1.165, 1.54) is 27.0 Å². The standard InChI is InChI=1S/C38H44N4O5/c1-5-32(28-12-7-6-8-13-28)37(30-18-21-34-33(26-30)27(2)39-42(34)36-15-9-10-24-47-36)29-16-19-31(20-17-29)46-25-23-41(38(44)45)22-11-14-35(43)40(3)4/h6-8,11-14,16-21,26,36H,5,9-10,15,22-25H2,1-4H3,(H,44,45)/b14-11+,37-32+. The molecule has 0 radical (unpaired) electrons. The molecular formula is C38H44N4O5. The fourth-order valence-electron chi connectivity index (χ4n) is 5.95. The summed E-state index contributed by atoms with van der Waals surface area (Å²) in [5.74, 6) is 0.451. The number of nitrogens with zero attached hydrogens (tertiary/aromatic N) is 4. The summed E-state index contributed by atoms with van der Waals surface area (Å²) < 4.78 is 14.1. The zero-order valence-electron chi connectivity index (χ0n) is 27.7. The number of carboxylic acid groups (broad SMARTS) is 1. The SMILES string of the molecule is CC/C(=C(/c1ccc(OCCN(C/C=C/C(=O)N(C)C)C(=O)O)cc1)c1ccc2c(c1)c(C)nn2C1CCCCO1)c1ccccc1. The number of aromatic nitrogens is 2. The van der Waals surface area contributed by atoms with E-state index >= 15 is 0 Å². The van der Waals surface area contributed by atoms with Crippen LogP contribution in [0.15, 0.2) is 84.9 Å². The summed E-state index contributed by atoms with van der Waals surface area (Å²) in [6.45, 7) is 5.45. The monoisotopic (exact) mass is 636 g/mol. The van der Waals surface area contributed by atoms with Crippen LogP contribution < -0.4 is 4.74 Å². The van der Waals surface area contributed by atoms with Crippen molar-refractivity contribution in [2.45, 2.75) is 45.8 Å². The number of carbonyl (C=O) groups excluding carboxylic acids is 1. The highest BCUT2D eigenvalue weighted by atomic mass is 16.5. The van der Waals surface area contributed by atoms with Gasteiger partial charge in [0.25, 0.3) is 0 Å². The van der Waals surface area contributed by atoms with Crippen LogP contribution in [-0.2, 0) is 9.53 Å². The van der Waals surface area contributed by atoms with Gasteiger partial charge >= 0.3 is 6.09 Å². The lowest BCUT2D eigenvalue weighted by atomic mass is 9.87. The summed E-state index contributed by atoms with van der Waals surface area (Å²) in [4.78, 5) is 26.1. The van der Waals surface area contributed by atoms with E-state index in [9.17, 15) is 14.7 Å². The number of ether oxygens (including phenoxy) is 2. The van der Waals surface area contributed by atoms with E-state index < -0.39 is 6.09 Å². The minimum absolute atomic E-state index is 0.0322. The largest absolute Gasteiger partial charge is 0.492 e. The van der Waals surface area contributed by atoms with Crippen molar-refractivity contribution in [3.63, 3.8) is 0 Å². The zero-order valence-corrected chi connectivity index (χ0v) is 27.7. The van der Waals surface area contributed by atoms with Gasteiger partial charge in [0.05, 0.1) is 17.8 Å². The van der Waals surface area contributed by atoms with Crippen LogP contribution >= 0.6 is 0 Å². The molecule has 0 saturated carbocycles. The van der Waals surface area contributed by atoms with Gasteiger partial charge in [-0.15, -0.1) is 0 Å². The Labute approximate surface area is 276 Å². The van der Waals surface area contributed by atoms with Crippen molar-refractivity contribution in [2.24, 2.45) is 0 Å². The van der Waals surface area contributed by atoms with Crippen molar-refractivity contribution in [3.8, 4) is 5.75 Å². The highest BCUT2D eigenvalue weighted by Gasteiger charge is 2.21. The molecule has 5 rings (SSSR count). The minimum atomic E-state index is -1.07. The Morgan fingerprint density at radius 1 is 1.02 bits per heavy atom. The Morgan fingerprint density at radius 2 is 1.77 bits per heavy atom. The minimum Gasteiger partial charge on any atom is -0.492 e. The maximum absolute atomic E-state index is 11.8. The molecule has 246 valence electrons. The zero-order chi connectivity index (χ0) is 33.3. The molecule has 1 aromatic heterocycles. The highest BCUT2D eigenvalue weighted by molar-refractivity contribution is 6.00. The number of carbonyl (C=O) groups is 2. The van der Waals surface area contributed by atoms with E-state index in [1.54, 1.807) is 20.2 Å². The van der Waals surface area contributed by atoms with Crippen LogP contribution in [0.1, 0.15) is 61.2 Å². The molecule has 1 unspecified atom stereocenters. The fraction of sp³-hybridized carbons (Fsp3) is 0.342. The first-order valence-corrected chi connectivity index (χ1v) is 16.2. The predicted octanol–water partition coefficient (Wildman–Crippen LogP) is 7.42. The molecule has 1 aliphatic rings. The average molecular weight is 637 g/mol. The Kier molecular flexibility index (Phi) is 11.1. The van der Waals surface area contributed by atoms with Gasteiger partial charge in [-0.3, -0.25) is 4.79 Å². The van der Waals surface area contributed by atoms with Gasteiger partial charge in [0.15, 0.2) is 6.23 Å². The number of rotatable bonds is 12. The summed E-state index contributed by atoms with van der Waals surface area (Å²) in [6.07, 6.45) is 5.85. The summed E-state index contributed by atoms with van der Waals surface area (Å²) in [6, 6.07) is 25.0. The summed E-state index contributed by atoms with van der Waals surface area (Å²) in [5, 5.41) is 15.6. The lowest BCUT2D eigenvalue weighted by molar-refractivity contribution is -0.123. The fourth-order valence-corrected chi connectivity index (χ4v) is 5.95. The van der Waals surface area contributed by atoms with E-state index in [2.05, 4.69) is 68.4 Å². The summed E-state index contributed by atoms with van der Waals surface area (Å²) in [5.41, 5.74) is 7.77. The Balaban J connectivity index is 1.40. The number of likely N-dealkylation sites (N-methyl/N-ethyl adjacent to an activating group) is 1. The van der Waals surface area contributed by atoms with Crippen molar-refractivity contribution in [1.29, 1.82) is 0 Å². The Morgan fingerprint density at radius 3 is 2.43 bits per heavy atom. The van der Waals surface area contributed by atoms with E-state index in [4.69, 9.17) is 14.6 Å². The van der Waals surface area contributed by atoms with Crippen LogP contribution in [0, 0.1) is 6.92 Å². The molecule has 2 heterocycles. The van der Waals surface area contributed by atoms with Gasteiger partial charge in [0.1, 0.15) is 12.4 Å². The van der Waals surface area contributed by atoms with Gasteiger partial charge in [-0.2, -0.15) is 5.10 Å². The van der Waals surface area contributed by atoms with Crippen molar-refractivity contribution in [3.05, 3.63) is 107 Å². The highest BCUT2D eigenvalue weighted by Crippen LogP contribution is 2.37. The molecule has 9 heteroatoms. The average Bonchev–Trinajstić information content (AvgIpc) is 3.42. The molecule has 1 fully saturated rings. The summed E-state index contributed by atoms with van der Waals surface area (Å²) in [7, 11) is 3.29. The van der Waals surface area contributed by atoms with Crippen molar-refractivity contribution in [2.75, 3.05) is 40.4 Å². The lowest BCUT2D eigenvalue weighted by Gasteiger charge is -2.23. The Bertz CT molecular complexity index is 1740. The second-order valence-electron chi connectivity index (χ2n) is 11.9. The quantitative estimate of drug-likeness (QED) is 0.128. The van der Waals surface area contributed by atoms with Crippen LogP contribution in [0.3, 0.4) is 0 Å². The number of amides is 2. The topological polar surface area (TPSA) is 97.1 Å². The third-order valence-electron chi connectivity index (χ3n) is 8.46. The second kappa shape index (κ2) is 15.6. The van der Waals surface area contributed by atoms with Crippen LogP contribution in [0.25, 0.3) is 22.0 Å². The van der Waals surface area contributed by atoms with Crippen LogP contribution in [-0.4, -0.2) is 77.1 Å². The van der Waals surface area contributed by atoms with Crippen LogP contribution in [0.4, 0.5) is 4.79 Å². The molecule has 0 aliphatic carbocycles. The predicted molar refractivity (Wildman–Crippen MR) is 185 cm³/mol. The molecule has 47 heavy (non-hydrogen) atoms. The third-order valence-corrected chi connectivity index (χ3v) is 8.46. The lowest BCUT2D eigenvalue weighted by Crippen LogP contribution is -2.33. The molecule has 1 atom stereocenters. The first kappa shape index (κ1) is 33.5. The number of hydrogen-bond acceptors (Lipinski definition) is 5. The molecule has 3 aromatic carbocycles. The molecule has 1 N–H and O–H groups in total. The van der Waals surface area contributed by atoms with Gasteiger partial charge < -0.3 is 24.4 Å². The molecular weight excluding hydrogens is 592 g/mol. The number of fused-ring (bicyclic) bond motifs is 1. The summed E-state index contributed by atoms with van der Waals surface area (Å²) >= 11 is 0. The van der Waals surface area contributed by atoms with Gasteiger partial charge in [-0.1, -0.05) is 61.5 Å². The maximum Gasteiger partial charge on any atom is 0.407 e. The molecule has 0 bridgehead atoms. The van der Waals surface area contributed by atoms with Gasteiger partial charge in [-0.05, 0) is 84.7 Å². The van der Waals surface area contributed by atoms with Crippen LogP contribution in [0.2, 0.25) is 0 Å². The van der Waals surface area contributed by atoms with E-state index in [1.807, 2.05) is 22.9 Å².